The van der Waals surface area contributed by atoms with Crippen LogP contribution in [0.2, 0.25) is 0 Å². The zero-order chi connectivity index (χ0) is 26.5. The maximum absolute atomic E-state index is 13.8. The van der Waals surface area contributed by atoms with Gasteiger partial charge in [-0.2, -0.15) is 4.37 Å². The number of hydrogen-bond donors (Lipinski definition) is 0. The van der Waals surface area contributed by atoms with Crippen molar-refractivity contribution in [2.45, 2.75) is 45.6 Å². The van der Waals surface area contributed by atoms with Crippen LogP contribution >= 0.6 is 11.5 Å². The summed E-state index contributed by atoms with van der Waals surface area (Å²) < 4.78 is 10.4. The molecule has 38 heavy (non-hydrogen) atoms. The van der Waals surface area contributed by atoms with E-state index in [1.165, 1.54) is 41.2 Å². The lowest BCUT2D eigenvalue weighted by Gasteiger charge is -2.30. The number of aryl methyl sites for hydroxylation is 1. The minimum absolute atomic E-state index is 0.0480. The van der Waals surface area contributed by atoms with Gasteiger partial charge in [0, 0.05) is 23.1 Å². The smallest absolute Gasteiger partial charge is 0.330 e. The molecule has 194 valence electrons. The summed E-state index contributed by atoms with van der Waals surface area (Å²) in [5.74, 6) is -0.184. The molecule has 0 radical (unpaired) electrons. The van der Waals surface area contributed by atoms with Gasteiger partial charge in [0.1, 0.15) is 0 Å². The van der Waals surface area contributed by atoms with E-state index in [9.17, 15) is 9.59 Å². The number of carbonyl (C=O) groups is 2. The topological polar surface area (TPSA) is 59.5 Å². The second-order valence-electron chi connectivity index (χ2n) is 9.89. The van der Waals surface area contributed by atoms with Crippen LogP contribution in [-0.4, -0.2) is 23.4 Å². The van der Waals surface area contributed by atoms with Crippen LogP contribution in [0.3, 0.4) is 0 Å². The van der Waals surface area contributed by atoms with Gasteiger partial charge in [0.05, 0.1) is 24.0 Å². The second kappa shape index (κ2) is 11.7. The minimum Gasteiger partial charge on any atom is -0.466 e. The largest absolute Gasteiger partial charge is 0.466 e. The average molecular weight is 525 g/mol. The van der Waals surface area contributed by atoms with Gasteiger partial charge in [0.15, 0.2) is 0 Å². The number of nitrogens with zero attached hydrogens (tertiary/aromatic N) is 2. The molecule has 5 rings (SSSR count). The average Bonchev–Trinajstić information content (AvgIpc) is 3.35. The third kappa shape index (κ3) is 5.86. The third-order valence-corrected chi connectivity index (χ3v) is 8.20. The van der Waals surface area contributed by atoms with Crippen LogP contribution in [0, 0.1) is 12.8 Å². The molecule has 4 aromatic rings. The molecule has 1 fully saturated rings. The quantitative estimate of drug-likeness (QED) is 0.185. The van der Waals surface area contributed by atoms with E-state index in [0.717, 1.165) is 59.3 Å². The van der Waals surface area contributed by atoms with Crippen molar-refractivity contribution >= 4 is 45.3 Å². The van der Waals surface area contributed by atoms with Gasteiger partial charge >= 0.3 is 5.97 Å². The van der Waals surface area contributed by atoms with E-state index in [4.69, 9.17) is 4.74 Å². The first-order chi connectivity index (χ1) is 18.5. The van der Waals surface area contributed by atoms with Crippen LogP contribution in [0.4, 0.5) is 5.69 Å². The van der Waals surface area contributed by atoms with Crippen molar-refractivity contribution in [1.29, 1.82) is 0 Å². The van der Waals surface area contributed by atoms with Crippen molar-refractivity contribution in [1.82, 2.24) is 4.37 Å². The van der Waals surface area contributed by atoms with Gasteiger partial charge in [-0.25, -0.2) is 4.79 Å². The number of hydrogen-bond acceptors (Lipinski definition) is 5. The molecule has 1 saturated carbocycles. The van der Waals surface area contributed by atoms with Gasteiger partial charge in [-0.3, -0.25) is 4.79 Å². The van der Waals surface area contributed by atoms with Crippen molar-refractivity contribution in [2.75, 3.05) is 12.0 Å². The zero-order valence-electron chi connectivity index (χ0n) is 21.9. The predicted molar refractivity (Wildman–Crippen MR) is 155 cm³/mol. The lowest BCUT2D eigenvalue weighted by Crippen LogP contribution is -2.36. The molecule has 5 nitrogen and oxygen atoms in total. The molecule has 0 unspecified atom stereocenters. The highest BCUT2D eigenvalue weighted by molar-refractivity contribution is 7.13. The Kier molecular flexibility index (Phi) is 7.99. The molecule has 1 aliphatic carbocycles. The Labute approximate surface area is 227 Å². The highest BCUT2D eigenvalue weighted by atomic mass is 32.1. The fraction of sp³-hybridized carbons (Fsp3) is 0.281. The molecule has 1 heterocycles. The predicted octanol–water partition coefficient (Wildman–Crippen LogP) is 7.57. The van der Waals surface area contributed by atoms with Gasteiger partial charge in [-0.05, 0) is 77.8 Å². The van der Waals surface area contributed by atoms with Crippen LogP contribution in [-0.2, 0) is 20.9 Å². The normalized spacial score (nSPS) is 14.2. The second-order valence-corrected chi connectivity index (χ2v) is 10.7. The SMILES string of the molecule is COC(=O)/C=C/c1cccc(N(Cc2ccc(-c3ccc4c(C)nsc4c3)cc2)C(=O)C2CCCCC2)c1. The number of methoxy groups -OCH3 is 1. The van der Waals surface area contributed by atoms with E-state index in [-0.39, 0.29) is 11.8 Å². The molecule has 0 atom stereocenters. The van der Waals surface area contributed by atoms with E-state index in [0.29, 0.717) is 6.54 Å². The first-order valence-corrected chi connectivity index (χ1v) is 13.9. The standard InChI is InChI=1S/C32H32N2O3S/c1-22-29-17-16-27(20-30(29)38-33-22)25-14-11-24(12-15-25)21-34(32(36)26-8-4-3-5-9-26)28-10-6-7-23(19-28)13-18-31(35)37-2/h6-7,10-20,26H,3-5,8-9,21H2,1-2H3/b18-13+. The maximum Gasteiger partial charge on any atom is 0.330 e. The van der Waals surface area contributed by atoms with E-state index < -0.39 is 5.97 Å². The summed E-state index contributed by atoms with van der Waals surface area (Å²) in [7, 11) is 1.36. The Morgan fingerprint density at radius 3 is 2.53 bits per heavy atom. The van der Waals surface area contributed by atoms with Crippen LogP contribution < -0.4 is 4.90 Å². The van der Waals surface area contributed by atoms with Crippen molar-refractivity contribution < 1.29 is 14.3 Å². The molecule has 1 aromatic heterocycles. The summed E-state index contributed by atoms with van der Waals surface area (Å²) in [6, 6.07) is 22.7. The Morgan fingerprint density at radius 2 is 1.76 bits per heavy atom. The van der Waals surface area contributed by atoms with Gasteiger partial charge < -0.3 is 9.64 Å². The van der Waals surface area contributed by atoms with E-state index in [2.05, 4.69) is 46.8 Å². The van der Waals surface area contributed by atoms with Crippen LogP contribution in [0.5, 0.6) is 0 Å². The van der Waals surface area contributed by atoms with Gasteiger partial charge in [0.2, 0.25) is 5.91 Å². The highest BCUT2D eigenvalue weighted by Gasteiger charge is 2.27. The Morgan fingerprint density at radius 1 is 1.00 bits per heavy atom. The lowest BCUT2D eigenvalue weighted by atomic mass is 9.88. The summed E-state index contributed by atoms with van der Waals surface area (Å²) in [4.78, 5) is 27.3. The summed E-state index contributed by atoms with van der Waals surface area (Å²) in [6.45, 7) is 2.53. The fourth-order valence-electron chi connectivity index (χ4n) is 5.12. The summed E-state index contributed by atoms with van der Waals surface area (Å²) in [6.07, 6.45) is 8.40. The molecule has 6 heteroatoms. The van der Waals surface area contributed by atoms with Crippen LogP contribution in [0.15, 0.2) is 72.8 Å². The first kappa shape index (κ1) is 25.9. The zero-order valence-corrected chi connectivity index (χ0v) is 22.7. The Hall–Kier alpha value is -3.77. The molecule has 0 aliphatic heterocycles. The number of aromatic nitrogens is 1. The van der Waals surface area contributed by atoms with Crippen molar-refractivity contribution in [3.05, 3.63) is 89.6 Å². The monoisotopic (exact) mass is 524 g/mol. The molecule has 0 N–H and O–H groups in total. The van der Waals surface area contributed by atoms with Gasteiger partial charge in [-0.15, -0.1) is 0 Å². The number of esters is 1. The molecule has 0 bridgehead atoms. The molecule has 1 aliphatic rings. The lowest BCUT2D eigenvalue weighted by molar-refractivity contribution is -0.134. The van der Waals surface area contributed by atoms with Crippen molar-refractivity contribution in [3.8, 4) is 11.1 Å². The molecular formula is C32H32N2O3S. The van der Waals surface area contributed by atoms with E-state index in [1.807, 2.05) is 36.1 Å². The first-order valence-electron chi connectivity index (χ1n) is 13.1. The number of anilines is 1. The Bertz CT molecular complexity index is 1470. The molecule has 1 amide bonds. The maximum atomic E-state index is 13.8. The van der Waals surface area contributed by atoms with Crippen molar-refractivity contribution in [3.63, 3.8) is 0 Å². The number of benzene rings is 3. The van der Waals surface area contributed by atoms with Gasteiger partial charge in [-0.1, -0.05) is 67.8 Å². The summed E-state index contributed by atoms with van der Waals surface area (Å²) in [5, 5.41) is 1.20. The Balaban J connectivity index is 1.41. The number of fused-ring (bicyclic) bond motifs is 1. The molecule has 0 spiro atoms. The van der Waals surface area contributed by atoms with E-state index in [1.54, 1.807) is 6.08 Å². The number of rotatable bonds is 7. The van der Waals surface area contributed by atoms with Crippen LogP contribution in [0.1, 0.15) is 48.9 Å². The highest BCUT2D eigenvalue weighted by Crippen LogP contribution is 2.31. The minimum atomic E-state index is -0.407. The third-order valence-electron chi connectivity index (χ3n) is 7.30. The van der Waals surface area contributed by atoms with E-state index >= 15 is 0 Å². The summed E-state index contributed by atoms with van der Waals surface area (Å²) >= 11 is 1.53. The summed E-state index contributed by atoms with van der Waals surface area (Å²) in [5.41, 5.74) is 6.12. The number of carbonyl (C=O) groups excluding carboxylic acids is 2. The molecule has 3 aromatic carbocycles. The molecule has 0 saturated heterocycles. The number of amides is 1. The number of ether oxygens (including phenoxy) is 1. The molecular weight excluding hydrogens is 492 g/mol. The van der Waals surface area contributed by atoms with Gasteiger partial charge in [0.25, 0.3) is 0 Å². The van der Waals surface area contributed by atoms with Crippen molar-refractivity contribution in [2.24, 2.45) is 5.92 Å². The fourth-order valence-corrected chi connectivity index (χ4v) is 5.95. The van der Waals surface area contributed by atoms with Crippen LogP contribution in [0.25, 0.3) is 27.3 Å².